The maximum absolute atomic E-state index is 13.4. The Morgan fingerprint density at radius 1 is 0.844 bits per heavy atom. The summed E-state index contributed by atoms with van der Waals surface area (Å²) in [7, 11) is 0. The number of aliphatic hydroxyl groups excluding tert-OH is 4. The largest absolute Gasteiger partial charge is 0.508 e. The minimum Gasteiger partial charge on any atom is -0.508 e. The molecular weight excluding hydrogens is 428 g/mol. The third-order valence-corrected chi connectivity index (χ3v) is 5.41. The molecule has 0 aliphatic carbocycles. The topological polar surface area (TPSA) is 201 Å². The Balaban J connectivity index is 2.04. The summed E-state index contributed by atoms with van der Waals surface area (Å²) >= 11 is 0. The molecule has 2 aromatic carbocycles. The van der Waals surface area contributed by atoms with Crippen LogP contribution in [0.25, 0.3) is 22.3 Å². The van der Waals surface area contributed by atoms with Gasteiger partial charge in [0.05, 0.1) is 12.2 Å². The van der Waals surface area contributed by atoms with Crippen molar-refractivity contribution < 1.29 is 50.0 Å². The number of rotatable bonds is 3. The van der Waals surface area contributed by atoms with Gasteiger partial charge in [0.1, 0.15) is 58.7 Å². The van der Waals surface area contributed by atoms with Gasteiger partial charge in [0, 0.05) is 17.7 Å². The second-order valence-electron chi connectivity index (χ2n) is 7.46. The van der Waals surface area contributed by atoms with E-state index in [1.165, 1.54) is 6.07 Å². The molecule has 1 aliphatic rings. The number of hydrogen-bond donors (Lipinski definition) is 8. The van der Waals surface area contributed by atoms with Crippen LogP contribution in [0, 0.1) is 0 Å². The molecule has 32 heavy (non-hydrogen) atoms. The zero-order chi connectivity index (χ0) is 23.3. The number of aliphatic hydroxyl groups is 4. The first-order valence-electron chi connectivity index (χ1n) is 9.49. The maximum atomic E-state index is 13.4. The Hall–Kier alpha value is -3.35. The van der Waals surface area contributed by atoms with Crippen molar-refractivity contribution in [3.05, 3.63) is 46.1 Å². The van der Waals surface area contributed by atoms with E-state index in [0.29, 0.717) is 0 Å². The Kier molecular flexibility index (Phi) is 5.44. The summed E-state index contributed by atoms with van der Waals surface area (Å²) in [5.41, 5.74) is -1.46. The summed E-state index contributed by atoms with van der Waals surface area (Å²) in [6.07, 6.45) is -8.26. The SMILES string of the molecule is O=c1c(C2O[C@H](CO)[C@@H](O)[C@H](O)[C@H]2O)c(-c2ccc(O)c(O)c2)oc2cc(O)cc(O)c12. The number of ether oxygens (including phenoxy) is 1. The fourth-order valence-electron chi connectivity index (χ4n) is 3.78. The highest BCUT2D eigenvalue weighted by molar-refractivity contribution is 5.87. The number of hydrogen-bond acceptors (Lipinski definition) is 11. The van der Waals surface area contributed by atoms with Crippen LogP contribution in [-0.4, -0.2) is 71.9 Å². The van der Waals surface area contributed by atoms with Gasteiger partial charge < -0.3 is 50.0 Å². The molecule has 0 spiro atoms. The predicted octanol–water partition coefficient (Wildman–Crippen LogP) is -0.203. The van der Waals surface area contributed by atoms with Gasteiger partial charge in [-0.2, -0.15) is 0 Å². The zero-order valence-corrected chi connectivity index (χ0v) is 16.3. The highest BCUT2D eigenvalue weighted by Crippen LogP contribution is 2.41. The van der Waals surface area contributed by atoms with Crippen LogP contribution < -0.4 is 5.43 Å². The highest BCUT2D eigenvalue weighted by Gasteiger charge is 2.46. The monoisotopic (exact) mass is 448 g/mol. The highest BCUT2D eigenvalue weighted by atomic mass is 16.5. The molecule has 5 atom stereocenters. The normalized spacial score (nSPS) is 25.8. The molecule has 11 heteroatoms. The second-order valence-corrected chi connectivity index (χ2v) is 7.46. The van der Waals surface area contributed by atoms with Crippen molar-refractivity contribution in [1.29, 1.82) is 0 Å². The van der Waals surface area contributed by atoms with Crippen molar-refractivity contribution in [2.75, 3.05) is 6.61 Å². The third kappa shape index (κ3) is 3.42. The summed E-state index contributed by atoms with van der Waals surface area (Å²) < 4.78 is 11.3. The molecule has 1 aliphatic heterocycles. The van der Waals surface area contributed by atoms with Crippen molar-refractivity contribution in [2.24, 2.45) is 0 Å². The average Bonchev–Trinajstić information content (AvgIpc) is 2.74. The maximum Gasteiger partial charge on any atom is 0.203 e. The van der Waals surface area contributed by atoms with Gasteiger partial charge in [-0.3, -0.25) is 4.79 Å². The predicted molar refractivity (Wildman–Crippen MR) is 107 cm³/mol. The number of phenolic OH excluding ortho intramolecular Hbond substituents is 4. The molecule has 170 valence electrons. The van der Waals surface area contributed by atoms with E-state index in [9.17, 15) is 45.6 Å². The first-order chi connectivity index (χ1) is 15.1. The molecular formula is C21H20O11. The zero-order valence-electron chi connectivity index (χ0n) is 16.3. The lowest BCUT2D eigenvalue weighted by molar-refractivity contribution is -0.232. The van der Waals surface area contributed by atoms with Crippen molar-refractivity contribution in [3.63, 3.8) is 0 Å². The van der Waals surface area contributed by atoms with E-state index in [0.717, 1.165) is 24.3 Å². The van der Waals surface area contributed by atoms with E-state index in [1.807, 2.05) is 0 Å². The van der Waals surface area contributed by atoms with Crippen LogP contribution in [-0.2, 0) is 4.74 Å². The Labute approximate surface area is 179 Å². The van der Waals surface area contributed by atoms with Gasteiger partial charge in [-0.05, 0) is 18.2 Å². The third-order valence-electron chi connectivity index (χ3n) is 5.41. The van der Waals surface area contributed by atoms with Crippen LogP contribution in [0.2, 0.25) is 0 Å². The van der Waals surface area contributed by atoms with Crippen molar-refractivity contribution in [3.8, 4) is 34.3 Å². The van der Waals surface area contributed by atoms with Crippen molar-refractivity contribution in [2.45, 2.75) is 30.5 Å². The molecule has 1 aromatic heterocycles. The number of fused-ring (bicyclic) bond motifs is 1. The Bertz CT molecular complexity index is 1230. The lowest BCUT2D eigenvalue weighted by atomic mass is 9.89. The van der Waals surface area contributed by atoms with Crippen LogP contribution in [0.15, 0.2) is 39.5 Å². The molecule has 1 saturated heterocycles. The van der Waals surface area contributed by atoms with Gasteiger partial charge in [0.15, 0.2) is 11.5 Å². The van der Waals surface area contributed by atoms with Gasteiger partial charge >= 0.3 is 0 Å². The number of aromatic hydroxyl groups is 4. The fourth-order valence-corrected chi connectivity index (χ4v) is 3.78. The summed E-state index contributed by atoms with van der Waals surface area (Å²) in [6.45, 7) is -0.741. The molecule has 2 heterocycles. The molecule has 1 fully saturated rings. The fraction of sp³-hybridized carbons (Fsp3) is 0.286. The Morgan fingerprint density at radius 3 is 2.22 bits per heavy atom. The molecule has 8 N–H and O–H groups in total. The van der Waals surface area contributed by atoms with Gasteiger partial charge in [0.25, 0.3) is 0 Å². The summed E-state index contributed by atoms with van der Waals surface area (Å²) in [4.78, 5) is 13.4. The van der Waals surface area contributed by atoms with Crippen LogP contribution in [0.1, 0.15) is 11.7 Å². The molecule has 1 unspecified atom stereocenters. The van der Waals surface area contributed by atoms with Crippen LogP contribution in [0.3, 0.4) is 0 Å². The van der Waals surface area contributed by atoms with Crippen LogP contribution in [0.4, 0.5) is 0 Å². The number of benzene rings is 2. The smallest absolute Gasteiger partial charge is 0.203 e. The van der Waals surface area contributed by atoms with Crippen LogP contribution >= 0.6 is 0 Å². The number of phenols is 4. The molecule has 11 nitrogen and oxygen atoms in total. The van der Waals surface area contributed by atoms with E-state index in [1.54, 1.807) is 0 Å². The van der Waals surface area contributed by atoms with Gasteiger partial charge in [0.2, 0.25) is 5.43 Å². The van der Waals surface area contributed by atoms with E-state index >= 15 is 0 Å². The molecule has 0 bridgehead atoms. The average molecular weight is 448 g/mol. The Morgan fingerprint density at radius 2 is 1.56 bits per heavy atom. The molecule has 4 rings (SSSR count). The van der Waals surface area contributed by atoms with Gasteiger partial charge in [-0.1, -0.05) is 0 Å². The molecule has 0 saturated carbocycles. The molecule has 3 aromatic rings. The first-order valence-corrected chi connectivity index (χ1v) is 9.49. The van der Waals surface area contributed by atoms with Gasteiger partial charge in [-0.15, -0.1) is 0 Å². The van der Waals surface area contributed by atoms with E-state index in [4.69, 9.17) is 9.15 Å². The summed E-state index contributed by atoms with van der Waals surface area (Å²) in [5.74, 6) is -2.31. The lowest BCUT2D eigenvalue weighted by Crippen LogP contribution is -2.55. The van der Waals surface area contributed by atoms with Gasteiger partial charge in [-0.25, -0.2) is 0 Å². The molecule has 0 radical (unpaired) electrons. The van der Waals surface area contributed by atoms with E-state index < -0.39 is 65.6 Å². The summed E-state index contributed by atoms with van der Waals surface area (Å²) in [5, 5.41) is 79.5. The minimum atomic E-state index is -1.84. The minimum absolute atomic E-state index is 0.0501. The second kappa shape index (κ2) is 7.97. The van der Waals surface area contributed by atoms with Crippen molar-refractivity contribution in [1.82, 2.24) is 0 Å². The first kappa shape index (κ1) is 21.9. The standard InChI is InChI=1S/C21H20O11/c22-6-13-16(27)18(29)19(30)21(32-13)15-17(28)14-11(26)4-8(23)5-12(14)31-20(15)7-1-2-9(24)10(25)3-7/h1-5,13,16,18-19,21-27,29-30H,6H2/t13-,16-,18+,19-,21?/m1/s1. The summed E-state index contributed by atoms with van der Waals surface area (Å²) in [6, 6.07) is 5.44. The van der Waals surface area contributed by atoms with Crippen molar-refractivity contribution >= 4 is 11.0 Å². The lowest BCUT2D eigenvalue weighted by Gasteiger charge is -2.40. The van der Waals surface area contributed by atoms with E-state index in [-0.39, 0.29) is 27.9 Å². The molecule has 0 amide bonds. The van der Waals surface area contributed by atoms with Crippen LogP contribution in [0.5, 0.6) is 23.0 Å². The van der Waals surface area contributed by atoms with E-state index in [2.05, 4.69) is 0 Å². The quantitative estimate of drug-likeness (QED) is 0.247.